The van der Waals surface area contributed by atoms with Crippen LogP contribution in [0.4, 0.5) is 4.79 Å². The third-order valence-corrected chi connectivity index (χ3v) is 5.38. The summed E-state index contributed by atoms with van der Waals surface area (Å²) >= 11 is 4.59. The lowest BCUT2D eigenvalue weighted by atomic mass is 9.94. The number of carbonyl (C=O) groups is 2. The molecule has 1 aliphatic heterocycles. The van der Waals surface area contributed by atoms with E-state index in [0.29, 0.717) is 6.54 Å². The monoisotopic (exact) mass is 272 g/mol. The van der Waals surface area contributed by atoms with Crippen molar-refractivity contribution in [1.29, 1.82) is 0 Å². The molecule has 2 rings (SSSR count). The first kappa shape index (κ1) is 13.9. The maximum atomic E-state index is 12.8. The van der Waals surface area contributed by atoms with E-state index in [1.165, 1.54) is 0 Å². The number of rotatable bonds is 1. The van der Waals surface area contributed by atoms with Crippen LogP contribution in [0.1, 0.15) is 46.0 Å². The minimum Gasteiger partial charge on any atom is -0.435 e. The van der Waals surface area contributed by atoms with Gasteiger partial charge in [0.25, 0.3) is 0 Å². The van der Waals surface area contributed by atoms with Crippen molar-refractivity contribution in [1.82, 2.24) is 0 Å². The molecule has 102 valence electrons. The Morgan fingerprint density at radius 2 is 2.00 bits per heavy atom. The van der Waals surface area contributed by atoms with E-state index >= 15 is 0 Å². The molecule has 1 N–H and O–H groups in total. The highest BCUT2D eigenvalue weighted by Crippen LogP contribution is 2.44. The van der Waals surface area contributed by atoms with Gasteiger partial charge < -0.3 is 5.11 Å². The summed E-state index contributed by atoms with van der Waals surface area (Å²) < 4.78 is -0.721. The van der Waals surface area contributed by atoms with Gasteiger partial charge in [0.05, 0.1) is 12.5 Å². The number of thiol groups is 1. The fraction of sp³-hybridized carbons (Fsp3) is 0.846. The molecule has 18 heavy (non-hydrogen) atoms. The van der Waals surface area contributed by atoms with Crippen LogP contribution in [-0.2, 0) is 4.79 Å². The van der Waals surface area contributed by atoms with Gasteiger partial charge in [-0.2, -0.15) is 21.9 Å². The average molecular weight is 272 g/mol. The molecule has 0 aromatic heterocycles. The molecule has 0 spiro atoms. The Labute approximate surface area is 113 Å². The van der Waals surface area contributed by atoms with E-state index in [-0.39, 0.29) is 27.1 Å². The van der Waals surface area contributed by atoms with Gasteiger partial charge in [-0.25, -0.2) is 4.79 Å². The molecule has 0 aromatic rings. The number of likely N-dealkylation sites (tertiary alicyclic amines) is 1. The average Bonchev–Trinajstić information content (AvgIpc) is 2.81. The van der Waals surface area contributed by atoms with Crippen molar-refractivity contribution < 1.29 is 19.2 Å². The molecule has 1 aliphatic carbocycles. The van der Waals surface area contributed by atoms with E-state index in [1.807, 2.05) is 13.8 Å². The first-order valence-electron chi connectivity index (χ1n) is 6.70. The summed E-state index contributed by atoms with van der Waals surface area (Å²) in [4.78, 5) is 24.4. The summed E-state index contributed by atoms with van der Waals surface area (Å²) in [6.07, 6.45) is 3.27. The molecule has 0 bridgehead atoms. The first-order valence-corrected chi connectivity index (χ1v) is 7.15. The van der Waals surface area contributed by atoms with E-state index in [2.05, 4.69) is 12.6 Å². The zero-order valence-electron chi connectivity index (χ0n) is 11.1. The number of carbonyl (C=O) groups excluding carboxylic acids is 1. The maximum absolute atomic E-state index is 12.8. The van der Waals surface area contributed by atoms with Crippen LogP contribution < -0.4 is 0 Å². The topological polar surface area (TPSA) is 54.4 Å². The van der Waals surface area contributed by atoms with E-state index in [9.17, 15) is 14.7 Å². The minimum absolute atomic E-state index is 0.111. The third-order valence-electron chi connectivity index (χ3n) is 4.84. The van der Waals surface area contributed by atoms with Gasteiger partial charge in [-0.15, -0.1) is 0 Å². The van der Waals surface area contributed by atoms with Gasteiger partial charge in [-0.1, -0.05) is 6.42 Å². The van der Waals surface area contributed by atoms with Gasteiger partial charge in [0, 0.05) is 17.6 Å². The largest absolute Gasteiger partial charge is 0.521 e. The van der Waals surface area contributed by atoms with Crippen LogP contribution in [0, 0.1) is 5.92 Å². The highest BCUT2D eigenvalue weighted by atomic mass is 32.1. The van der Waals surface area contributed by atoms with Crippen LogP contribution in [0.3, 0.4) is 0 Å². The summed E-state index contributed by atoms with van der Waals surface area (Å²) in [6.45, 7) is 4.28. The summed E-state index contributed by atoms with van der Waals surface area (Å²) in [5, 5.41) is 9.56. The van der Waals surface area contributed by atoms with Crippen molar-refractivity contribution >= 4 is 24.6 Å². The second-order valence-electron chi connectivity index (χ2n) is 6.01. The van der Waals surface area contributed by atoms with Crippen LogP contribution in [0.25, 0.3) is 0 Å². The fourth-order valence-corrected chi connectivity index (χ4v) is 4.00. The number of imide groups is 1. The number of hydrogen-bond acceptors (Lipinski definition) is 3. The molecule has 0 aromatic carbocycles. The Balaban J connectivity index is 2.33. The minimum atomic E-state index is -0.985. The Morgan fingerprint density at radius 3 is 2.39 bits per heavy atom. The molecule has 5 heteroatoms. The van der Waals surface area contributed by atoms with Crippen molar-refractivity contribution in [2.75, 3.05) is 6.54 Å². The van der Waals surface area contributed by atoms with E-state index in [0.717, 1.165) is 32.1 Å². The summed E-state index contributed by atoms with van der Waals surface area (Å²) in [7, 11) is 0. The highest BCUT2D eigenvalue weighted by molar-refractivity contribution is 7.81. The second kappa shape index (κ2) is 4.53. The molecule has 1 saturated heterocycles. The van der Waals surface area contributed by atoms with Crippen LogP contribution in [-0.4, -0.2) is 38.9 Å². The number of quaternary nitrogens is 1. The first-order chi connectivity index (χ1) is 8.32. The molecule has 4 nitrogen and oxygen atoms in total. The molecule has 1 saturated carbocycles. The fourth-order valence-electron chi connectivity index (χ4n) is 3.60. The molecular weight excluding hydrogens is 250 g/mol. The lowest BCUT2D eigenvalue weighted by Gasteiger charge is -2.35. The van der Waals surface area contributed by atoms with Crippen molar-refractivity contribution in [3.8, 4) is 0 Å². The SMILES string of the molecule is C[C@@H]1CCC[N+]1(C(=O)O)C(=O)C1CCCC1(C)S. The van der Waals surface area contributed by atoms with Crippen molar-refractivity contribution in [2.45, 2.75) is 56.7 Å². The zero-order chi connectivity index (χ0) is 13.6. The van der Waals surface area contributed by atoms with E-state index in [4.69, 9.17) is 0 Å². The number of hydrogen-bond donors (Lipinski definition) is 2. The van der Waals surface area contributed by atoms with Gasteiger partial charge in [0.1, 0.15) is 6.04 Å². The Kier molecular flexibility index (Phi) is 3.49. The van der Waals surface area contributed by atoms with Gasteiger partial charge in [-0.3, -0.25) is 0 Å². The third kappa shape index (κ3) is 1.88. The van der Waals surface area contributed by atoms with Crippen LogP contribution in [0.5, 0.6) is 0 Å². The lowest BCUT2D eigenvalue weighted by molar-refractivity contribution is -0.794. The predicted molar refractivity (Wildman–Crippen MR) is 71.6 cm³/mol. The maximum Gasteiger partial charge on any atom is 0.521 e. The summed E-state index contributed by atoms with van der Waals surface area (Å²) in [5.74, 6) is -0.347. The highest BCUT2D eigenvalue weighted by Gasteiger charge is 2.58. The standard InChI is InChI=1S/C13H21NO3S/c1-9-5-4-8-14(9,12(16)17)11(15)10-6-3-7-13(10,2)18/h9-10H,3-8H2,1-2H3,(H-,16,17,18)/p+1/t9-,10?,13?,14?/m1/s1. The molecule has 0 radical (unpaired) electrons. The second-order valence-corrected chi connectivity index (χ2v) is 7.03. The summed E-state index contributed by atoms with van der Waals surface area (Å²) in [6, 6.07) is -0.111. The quantitative estimate of drug-likeness (QED) is 0.570. The lowest BCUT2D eigenvalue weighted by Crippen LogP contribution is -2.61. The normalized spacial score (nSPS) is 44.2. The Hall–Kier alpha value is -0.550. The van der Waals surface area contributed by atoms with E-state index in [1.54, 1.807) is 0 Å². The Morgan fingerprint density at radius 1 is 1.33 bits per heavy atom. The molecule has 3 unspecified atom stereocenters. The van der Waals surface area contributed by atoms with Crippen molar-refractivity contribution in [3.63, 3.8) is 0 Å². The van der Waals surface area contributed by atoms with Gasteiger partial charge in [0.2, 0.25) is 0 Å². The molecule has 2 aliphatic rings. The van der Waals surface area contributed by atoms with Crippen molar-refractivity contribution in [2.24, 2.45) is 5.92 Å². The predicted octanol–water partition coefficient (Wildman–Crippen LogP) is 2.68. The van der Waals surface area contributed by atoms with Gasteiger partial charge in [-0.05, 0) is 26.7 Å². The zero-order valence-corrected chi connectivity index (χ0v) is 11.9. The van der Waals surface area contributed by atoms with Crippen LogP contribution in [0.15, 0.2) is 0 Å². The van der Waals surface area contributed by atoms with E-state index < -0.39 is 6.09 Å². The molecule has 1 heterocycles. The molecule has 2 fully saturated rings. The number of nitrogens with zero attached hydrogens (tertiary/aromatic N) is 1. The Bertz CT molecular complexity index is 382. The van der Waals surface area contributed by atoms with Gasteiger partial charge >= 0.3 is 12.0 Å². The molecule has 2 amide bonds. The number of carboxylic acid groups (broad SMARTS) is 1. The molecule has 4 atom stereocenters. The van der Waals surface area contributed by atoms with Crippen LogP contribution >= 0.6 is 12.6 Å². The van der Waals surface area contributed by atoms with Crippen LogP contribution in [0.2, 0.25) is 0 Å². The number of amides is 2. The van der Waals surface area contributed by atoms with Crippen molar-refractivity contribution in [3.05, 3.63) is 0 Å². The molecular formula is C13H22NO3S+. The summed E-state index contributed by atoms with van der Waals surface area (Å²) in [5.41, 5.74) is 0. The smallest absolute Gasteiger partial charge is 0.435 e. The van der Waals surface area contributed by atoms with Gasteiger partial charge in [0.15, 0.2) is 0 Å².